The van der Waals surface area contributed by atoms with Crippen molar-refractivity contribution in [1.29, 1.82) is 0 Å². The maximum absolute atomic E-state index is 14.7. The van der Waals surface area contributed by atoms with Gasteiger partial charge in [-0.25, -0.2) is 0 Å². The summed E-state index contributed by atoms with van der Waals surface area (Å²) in [7, 11) is 0. The summed E-state index contributed by atoms with van der Waals surface area (Å²) in [6, 6.07) is 16.0. The average molecular weight is 620 g/mol. The molecule has 2 bridgehead atoms. The Morgan fingerprint density at radius 3 is 2.41 bits per heavy atom. The van der Waals surface area contributed by atoms with Crippen LogP contribution in [-0.4, -0.2) is 76.6 Å². The fourth-order valence-corrected chi connectivity index (χ4v) is 7.60. The standard InChI is InChI=1S/C35H42ClN3O5/c1-3-20-37(24-25-14-8-7-9-15-25)32(41)29-28-18-19-35(44-28)30(29)33(42)39(22-12-5-6-13-23-40)31(35)34(43)38(21-4-2)27-17-11-10-16-26(27)36/h3-4,7-11,14-17,28-31,40H,1-2,5-6,12-13,18-24H2/t28-,29+,30+,31?,35?/m1/s1. The Balaban J connectivity index is 1.50. The van der Waals surface area contributed by atoms with Gasteiger partial charge in [-0.3, -0.25) is 14.4 Å². The van der Waals surface area contributed by atoms with Crippen molar-refractivity contribution >= 4 is 35.0 Å². The molecule has 44 heavy (non-hydrogen) atoms. The van der Waals surface area contributed by atoms with Crippen molar-refractivity contribution in [3.8, 4) is 0 Å². The number of likely N-dealkylation sites (tertiary alicyclic amines) is 1. The van der Waals surface area contributed by atoms with Gasteiger partial charge in [0, 0.05) is 32.8 Å². The molecule has 3 amide bonds. The largest absolute Gasteiger partial charge is 0.396 e. The molecular formula is C35H42ClN3O5. The summed E-state index contributed by atoms with van der Waals surface area (Å²) >= 11 is 6.57. The number of carbonyl (C=O) groups excluding carboxylic acids is 3. The summed E-state index contributed by atoms with van der Waals surface area (Å²) in [6.45, 7) is 9.14. The second kappa shape index (κ2) is 14.1. The Morgan fingerprint density at radius 1 is 1.00 bits per heavy atom. The topological polar surface area (TPSA) is 90.4 Å². The number of halogens is 1. The highest BCUT2D eigenvalue weighted by molar-refractivity contribution is 6.34. The van der Waals surface area contributed by atoms with Crippen molar-refractivity contribution in [2.45, 2.75) is 62.8 Å². The summed E-state index contributed by atoms with van der Waals surface area (Å²) in [6.07, 6.45) is 6.98. The lowest BCUT2D eigenvalue weighted by atomic mass is 9.70. The van der Waals surface area contributed by atoms with Crippen molar-refractivity contribution in [3.05, 3.63) is 90.5 Å². The molecule has 8 nitrogen and oxygen atoms in total. The molecule has 2 aromatic carbocycles. The Labute approximate surface area is 264 Å². The Hall–Kier alpha value is -3.46. The summed E-state index contributed by atoms with van der Waals surface area (Å²) in [5.74, 6) is -2.10. The molecule has 3 fully saturated rings. The normalized spacial score (nSPS) is 25.1. The second-order valence-electron chi connectivity index (χ2n) is 11.9. The maximum atomic E-state index is 14.7. The van der Waals surface area contributed by atoms with Crippen molar-refractivity contribution in [1.82, 2.24) is 9.80 Å². The minimum Gasteiger partial charge on any atom is -0.396 e. The van der Waals surface area contributed by atoms with Gasteiger partial charge in [0.2, 0.25) is 11.8 Å². The molecule has 0 radical (unpaired) electrons. The van der Waals surface area contributed by atoms with Crippen LogP contribution >= 0.6 is 11.6 Å². The van der Waals surface area contributed by atoms with Crippen LogP contribution < -0.4 is 4.90 Å². The predicted molar refractivity (Wildman–Crippen MR) is 171 cm³/mol. The molecule has 1 spiro atoms. The van der Waals surface area contributed by atoms with Gasteiger partial charge < -0.3 is 24.5 Å². The van der Waals surface area contributed by atoms with Crippen molar-refractivity contribution in [2.75, 3.05) is 31.1 Å². The third-order valence-corrected chi connectivity index (χ3v) is 9.54. The summed E-state index contributed by atoms with van der Waals surface area (Å²) in [5.41, 5.74) is 0.406. The van der Waals surface area contributed by atoms with Gasteiger partial charge in [0.05, 0.1) is 28.6 Å². The zero-order valence-corrected chi connectivity index (χ0v) is 25.9. The van der Waals surface area contributed by atoms with E-state index in [-0.39, 0.29) is 30.9 Å². The van der Waals surface area contributed by atoms with E-state index in [0.717, 1.165) is 18.4 Å². The number of carbonyl (C=O) groups is 3. The summed E-state index contributed by atoms with van der Waals surface area (Å²) in [4.78, 5) is 48.4. The Kier molecular flexibility index (Phi) is 10.2. The molecule has 3 aliphatic rings. The molecular weight excluding hydrogens is 578 g/mol. The number of hydrogen-bond donors (Lipinski definition) is 1. The molecule has 3 saturated heterocycles. The number of nitrogens with zero attached hydrogens (tertiary/aromatic N) is 3. The van der Waals surface area contributed by atoms with Crippen molar-refractivity contribution in [3.63, 3.8) is 0 Å². The van der Waals surface area contributed by atoms with E-state index in [1.54, 1.807) is 45.1 Å². The Bertz CT molecular complexity index is 1370. The van der Waals surface area contributed by atoms with Crippen LogP contribution in [-0.2, 0) is 25.7 Å². The molecule has 0 aromatic heterocycles. The minimum absolute atomic E-state index is 0.118. The molecule has 2 aromatic rings. The number of benzene rings is 2. The summed E-state index contributed by atoms with van der Waals surface area (Å²) in [5, 5.41) is 9.64. The number of amides is 3. The fraction of sp³-hybridized carbons (Fsp3) is 0.457. The van der Waals surface area contributed by atoms with E-state index in [2.05, 4.69) is 13.2 Å². The van der Waals surface area contributed by atoms with Gasteiger partial charge in [-0.05, 0) is 43.4 Å². The zero-order valence-electron chi connectivity index (χ0n) is 25.2. The van der Waals surface area contributed by atoms with Crippen LogP contribution in [0.15, 0.2) is 79.9 Å². The highest BCUT2D eigenvalue weighted by Crippen LogP contribution is 2.59. The van der Waals surface area contributed by atoms with E-state index in [9.17, 15) is 19.5 Å². The molecule has 3 heterocycles. The lowest BCUT2D eigenvalue weighted by Crippen LogP contribution is -2.56. The van der Waals surface area contributed by atoms with Gasteiger partial charge in [-0.1, -0.05) is 79.1 Å². The average Bonchev–Trinajstić information content (AvgIpc) is 3.67. The first-order valence-electron chi connectivity index (χ1n) is 15.6. The van der Waals surface area contributed by atoms with E-state index in [1.165, 1.54) is 0 Å². The number of hydrogen-bond acceptors (Lipinski definition) is 5. The van der Waals surface area contributed by atoms with Crippen LogP contribution in [0.2, 0.25) is 5.02 Å². The van der Waals surface area contributed by atoms with Crippen LogP contribution in [0.1, 0.15) is 44.1 Å². The van der Waals surface area contributed by atoms with Crippen molar-refractivity contribution < 1.29 is 24.2 Å². The highest BCUT2D eigenvalue weighted by Gasteiger charge is 2.74. The third-order valence-electron chi connectivity index (χ3n) is 9.22. The molecule has 5 rings (SSSR count). The minimum atomic E-state index is -1.11. The molecule has 3 aliphatic heterocycles. The third kappa shape index (κ3) is 5.95. The van der Waals surface area contributed by atoms with E-state index in [4.69, 9.17) is 16.3 Å². The van der Waals surface area contributed by atoms with E-state index in [0.29, 0.717) is 56.0 Å². The van der Waals surface area contributed by atoms with Gasteiger partial charge in [0.25, 0.3) is 5.91 Å². The SMILES string of the molecule is C=CCN(Cc1ccccc1)C(=O)[C@@H]1[C@H]2C(=O)N(CCCCCCO)C(C(=O)N(CC=C)c3ccccc3Cl)C23CC[C@H]1O3. The Morgan fingerprint density at radius 2 is 1.70 bits per heavy atom. The van der Waals surface area contributed by atoms with Gasteiger partial charge in [0.1, 0.15) is 11.6 Å². The molecule has 234 valence electrons. The lowest BCUT2D eigenvalue weighted by molar-refractivity contribution is -0.145. The molecule has 0 saturated carbocycles. The maximum Gasteiger partial charge on any atom is 0.253 e. The van der Waals surface area contributed by atoms with Crippen LogP contribution in [0.3, 0.4) is 0 Å². The monoisotopic (exact) mass is 619 g/mol. The second-order valence-corrected chi connectivity index (χ2v) is 12.3. The number of rotatable bonds is 15. The first kappa shape index (κ1) is 31.9. The van der Waals surface area contributed by atoms with E-state index in [1.807, 2.05) is 36.4 Å². The molecule has 0 aliphatic carbocycles. The smallest absolute Gasteiger partial charge is 0.253 e. The number of fused-ring (bicyclic) bond motifs is 1. The lowest BCUT2D eigenvalue weighted by Gasteiger charge is -2.37. The van der Waals surface area contributed by atoms with Gasteiger partial charge >= 0.3 is 0 Å². The van der Waals surface area contributed by atoms with Crippen molar-refractivity contribution in [2.24, 2.45) is 11.8 Å². The van der Waals surface area contributed by atoms with Gasteiger partial charge in [0.15, 0.2) is 0 Å². The number of anilines is 1. The number of ether oxygens (including phenoxy) is 1. The highest BCUT2D eigenvalue weighted by atomic mass is 35.5. The number of aliphatic hydroxyl groups is 1. The molecule has 9 heteroatoms. The van der Waals surface area contributed by atoms with Crippen LogP contribution in [0.5, 0.6) is 0 Å². The number of aliphatic hydroxyl groups excluding tert-OH is 1. The van der Waals surface area contributed by atoms with Gasteiger partial charge in [-0.2, -0.15) is 0 Å². The van der Waals surface area contributed by atoms with Crippen LogP contribution in [0, 0.1) is 11.8 Å². The molecule has 5 atom stereocenters. The first-order valence-corrected chi connectivity index (χ1v) is 15.9. The fourth-order valence-electron chi connectivity index (χ4n) is 7.36. The summed E-state index contributed by atoms with van der Waals surface area (Å²) < 4.78 is 6.69. The van der Waals surface area contributed by atoms with E-state index >= 15 is 0 Å². The van der Waals surface area contributed by atoms with Crippen LogP contribution in [0.4, 0.5) is 5.69 Å². The molecule has 2 unspecified atom stereocenters. The molecule has 1 N–H and O–H groups in total. The number of unbranched alkanes of at least 4 members (excludes halogenated alkanes) is 3. The number of para-hydroxylation sites is 1. The van der Waals surface area contributed by atoms with E-state index < -0.39 is 29.6 Å². The zero-order chi connectivity index (χ0) is 31.3. The predicted octanol–water partition coefficient (Wildman–Crippen LogP) is 5.00. The van der Waals surface area contributed by atoms with Gasteiger partial charge in [-0.15, -0.1) is 13.2 Å². The first-order chi connectivity index (χ1) is 21.4. The quantitative estimate of drug-likeness (QED) is 0.224. The van der Waals surface area contributed by atoms with Crippen LogP contribution in [0.25, 0.3) is 0 Å².